The molecule has 3 N–H and O–H groups in total. The van der Waals surface area contributed by atoms with Crippen LogP contribution in [0.25, 0.3) is 0 Å². The van der Waals surface area contributed by atoms with Crippen LogP contribution >= 0.6 is 0 Å². The van der Waals surface area contributed by atoms with E-state index in [9.17, 15) is 0 Å². The van der Waals surface area contributed by atoms with Crippen molar-refractivity contribution in [3.8, 4) is 0 Å². The van der Waals surface area contributed by atoms with Gasteiger partial charge in [0.15, 0.2) is 0 Å². The summed E-state index contributed by atoms with van der Waals surface area (Å²) < 4.78 is 5.35. The van der Waals surface area contributed by atoms with E-state index in [-0.39, 0.29) is 11.6 Å². The van der Waals surface area contributed by atoms with Crippen molar-refractivity contribution >= 4 is 0 Å². The number of nitrogens with two attached hydrogens (primary N) is 1. The molecule has 82 valence electrons. The second-order valence-electron chi connectivity index (χ2n) is 4.28. The molecular formula is C11H22N2O. The molecule has 0 aromatic rings. The van der Waals surface area contributed by atoms with Crippen molar-refractivity contribution in [2.75, 3.05) is 13.7 Å². The third-order valence-electron chi connectivity index (χ3n) is 3.22. The minimum absolute atomic E-state index is 0.120. The standard InChI is InChI=1S/C11H22N2O/c1-9(14-3)11(2,8-12)13-10-6-4-5-7-10/h4-5,9-10,13H,6-8,12H2,1-3H3. The van der Waals surface area contributed by atoms with E-state index < -0.39 is 0 Å². The van der Waals surface area contributed by atoms with E-state index in [1.165, 1.54) is 0 Å². The van der Waals surface area contributed by atoms with Gasteiger partial charge in [0.25, 0.3) is 0 Å². The minimum Gasteiger partial charge on any atom is -0.380 e. The monoisotopic (exact) mass is 198 g/mol. The lowest BCUT2D eigenvalue weighted by Gasteiger charge is -2.37. The normalized spacial score (nSPS) is 23.7. The first-order valence-corrected chi connectivity index (χ1v) is 5.28. The summed E-state index contributed by atoms with van der Waals surface area (Å²) in [5.41, 5.74) is 5.68. The van der Waals surface area contributed by atoms with Crippen molar-refractivity contribution in [1.29, 1.82) is 0 Å². The fourth-order valence-corrected chi connectivity index (χ4v) is 1.80. The summed E-state index contributed by atoms with van der Waals surface area (Å²) in [6, 6.07) is 0.529. The van der Waals surface area contributed by atoms with Gasteiger partial charge in [-0.25, -0.2) is 0 Å². The highest BCUT2D eigenvalue weighted by atomic mass is 16.5. The molecule has 1 aliphatic rings. The number of methoxy groups -OCH3 is 1. The molecule has 0 bridgehead atoms. The molecule has 2 atom stereocenters. The predicted octanol–water partition coefficient (Wildman–Crippen LogP) is 1.05. The molecule has 1 rings (SSSR count). The van der Waals surface area contributed by atoms with Gasteiger partial charge in [-0.05, 0) is 26.7 Å². The first-order valence-electron chi connectivity index (χ1n) is 5.28. The van der Waals surface area contributed by atoms with Gasteiger partial charge >= 0.3 is 0 Å². The van der Waals surface area contributed by atoms with Crippen molar-refractivity contribution < 1.29 is 4.74 Å². The summed E-state index contributed by atoms with van der Waals surface area (Å²) in [7, 11) is 1.73. The summed E-state index contributed by atoms with van der Waals surface area (Å²) >= 11 is 0. The molecule has 0 saturated heterocycles. The number of hydrogen-bond acceptors (Lipinski definition) is 3. The van der Waals surface area contributed by atoms with E-state index in [2.05, 4.69) is 31.3 Å². The molecule has 0 saturated carbocycles. The molecule has 0 spiro atoms. The van der Waals surface area contributed by atoms with Crippen LogP contribution in [0.5, 0.6) is 0 Å². The Morgan fingerprint density at radius 1 is 1.57 bits per heavy atom. The van der Waals surface area contributed by atoms with Crippen LogP contribution < -0.4 is 11.1 Å². The fourth-order valence-electron chi connectivity index (χ4n) is 1.80. The van der Waals surface area contributed by atoms with E-state index in [0.717, 1.165) is 12.8 Å². The zero-order chi connectivity index (χ0) is 10.6. The van der Waals surface area contributed by atoms with Gasteiger partial charge < -0.3 is 15.8 Å². The summed E-state index contributed by atoms with van der Waals surface area (Å²) in [6.45, 7) is 4.78. The maximum atomic E-state index is 5.80. The second-order valence-corrected chi connectivity index (χ2v) is 4.28. The third kappa shape index (κ3) is 2.56. The lowest BCUT2D eigenvalue weighted by atomic mass is 9.94. The van der Waals surface area contributed by atoms with Crippen molar-refractivity contribution in [3.63, 3.8) is 0 Å². The van der Waals surface area contributed by atoms with Gasteiger partial charge in [0.05, 0.1) is 11.6 Å². The number of rotatable bonds is 5. The van der Waals surface area contributed by atoms with Gasteiger partial charge in [0.1, 0.15) is 0 Å². The summed E-state index contributed by atoms with van der Waals surface area (Å²) in [4.78, 5) is 0. The highest BCUT2D eigenvalue weighted by Crippen LogP contribution is 2.17. The van der Waals surface area contributed by atoms with Crippen LogP contribution in [0.1, 0.15) is 26.7 Å². The topological polar surface area (TPSA) is 47.3 Å². The maximum Gasteiger partial charge on any atom is 0.0734 e. The van der Waals surface area contributed by atoms with Crippen molar-refractivity contribution in [2.45, 2.75) is 44.4 Å². The van der Waals surface area contributed by atoms with Crippen LogP contribution in [-0.4, -0.2) is 31.3 Å². The van der Waals surface area contributed by atoms with Crippen LogP contribution in [0.2, 0.25) is 0 Å². The number of hydrogen-bond donors (Lipinski definition) is 2. The van der Waals surface area contributed by atoms with E-state index in [1.807, 2.05) is 0 Å². The Labute approximate surface area is 86.7 Å². The Bertz CT molecular complexity index is 197. The molecule has 0 amide bonds. The lowest BCUT2D eigenvalue weighted by Crippen LogP contribution is -2.59. The molecule has 0 aliphatic heterocycles. The van der Waals surface area contributed by atoms with Crippen LogP contribution in [0, 0.1) is 0 Å². The molecule has 3 nitrogen and oxygen atoms in total. The minimum atomic E-state index is -0.120. The van der Waals surface area contributed by atoms with Crippen LogP contribution in [0.4, 0.5) is 0 Å². The molecule has 0 heterocycles. The number of ether oxygens (including phenoxy) is 1. The highest BCUT2D eigenvalue weighted by Gasteiger charge is 2.32. The highest BCUT2D eigenvalue weighted by molar-refractivity contribution is 5.02. The molecule has 3 heteroatoms. The summed E-state index contributed by atoms with van der Waals surface area (Å²) in [6.07, 6.45) is 6.77. The van der Waals surface area contributed by atoms with Gasteiger partial charge in [-0.15, -0.1) is 0 Å². The average Bonchev–Trinajstić information content (AvgIpc) is 2.68. The van der Waals surface area contributed by atoms with Crippen molar-refractivity contribution in [1.82, 2.24) is 5.32 Å². The number of nitrogens with one attached hydrogen (secondary N) is 1. The van der Waals surface area contributed by atoms with E-state index in [1.54, 1.807) is 7.11 Å². The molecule has 14 heavy (non-hydrogen) atoms. The zero-order valence-electron chi connectivity index (χ0n) is 9.42. The Morgan fingerprint density at radius 2 is 2.14 bits per heavy atom. The summed E-state index contributed by atoms with van der Waals surface area (Å²) in [5, 5.41) is 3.58. The molecule has 0 aromatic carbocycles. The maximum absolute atomic E-state index is 5.80. The van der Waals surface area contributed by atoms with E-state index in [4.69, 9.17) is 10.5 Å². The van der Waals surface area contributed by atoms with Crippen LogP contribution in [-0.2, 0) is 4.74 Å². The Balaban J connectivity index is 2.51. The lowest BCUT2D eigenvalue weighted by molar-refractivity contribution is 0.0367. The van der Waals surface area contributed by atoms with Crippen molar-refractivity contribution in [3.05, 3.63) is 12.2 Å². The molecule has 0 fully saturated rings. The molecule has 0 aromatic heterocycles. The average molecular weight is 198 g/mol. The van der Waals surface area contributed by atoms with Gasteiger partial charge in [-0.3, -0.25) is 0 Å². The van der Waals surface area contributed by atoms with Gasteiger partial charge in [-0.1, -0.05) is 12.2 Å². The van der Waals surface area contributed by atoms with Crippen LogP contribution in [0.3, 0.4) is 0 Å². The van der Waals surface area contributed by atoms with Gasteiger partial charge in [0, 0.05) is 19.7 Å². The second kappa shape index (κ2) is 4.91. The molecular weight excluding hydrogens is 176 g/mol. The molecule has 1 aliphatic carbocycles. The third-order valence-corrected chi connectivity index (χ3v) is 3.22. The Morgan fingerprint density at radius 3 is 2.57 bits per heavy atom. The van der Waals surface area contributed by atoms with Crippen LogP contribution in [0.15, 0.2) is 12.2 Å². The van der Waals surface area contributed by atoms with E-state index in [0.29, 0.717) is 12.6 Å². The predicted molar refractivity (Wildman–Crippen MR) is 59.2 cm³/mol. The van der Waals surface area contributed by atoms with Gasteiger partial charge in [0.2, 0.25) is 0 Å². The largest absolute Gasteiger partial charge is 0.380 e. The quantitative estimate of drug-likeness (QED) is 0.649. The molecule has 0 radical (unpaired) electrons. The van der Waals surface area contributed by atoms with Crippen molar-refractivity contribution in [2.24, 2.45) is 5.73 Å². The fraction of sp³-hybridized carbons (Fsp3) is 0.818. The van der Waals surface area contributed by atoms with E-state index >= 15 is 0 Å². The Kier molecular flexibility index (Phi) is 4.11. The summed E-state index contributed by atoms with van der Waals surface area (Å²) in [5.74, 6) is 0. The zero-order valence-corrected chi connectivity index (χ0v) is 9.42. The first kappa shape index (κ1) is 11.7. The Hall–Kier alpha value is -0.380. The first-order chi connectivity index (χ1) is 6.62. The SMILES string of the molecule is COC(C)C(C)(CN)NC1CC=CC1. The van der Waals surface area contributed by atoms with Gasteiger partial charge in [-0.2, -0.15) is 0 Å². The smallest absolute Gasteiger partial charge is 0.0734 e. The molecule has 2 unspecified atom stereocenters.